The average molecular weight is 531 g/mol. The van der Waals surface area contributed by atoms with Gasteiger partial charge >= 0.3 is 0 Å². The Bertz CT molecular complexity index is 1150. The van der Waals surface area contributed by atoms with E-state index in [0.717, 1.165) is 29.5 Å². The Morgan fingerprint density at radius 3 is 2.65 bits per heavy atom. The maximum Gasteiger partial charge on any atom is 0.251 e. The second-order valence-electron chi connectivity index (χ2n) is 10.0. The maximum atomic E-state index is 14.4. The fourth-order valence-corrected chi connectivity index (χ4v) is 5.94. The van der Waals surface area contributed by atoms with E-state index >= 15 is 0 Å². The summed E-state index contributed by atoms with van der Waals surface area (Å²) in [7, 11) is 0. The number of ketones is 1. The summed E-state index contributed by atoms with van der Waals surface area (Å²) in [5.41, 5.74) is 2.12. The van der Waals surface area contributed by atoms with Gasteiger partial charge in [-0.1, -0.05) is 26.0 Å². The van der Waals surface area contributed by atoms with Crippen molar-refractivity contribution in [3.63, 3.8) is 0 Å². The lowest BCUT2D eigenvalue weighted by atomic mass is 10.0. The third-order valence-electron chi connectivity index (χ3n) is 6.93. The number of halogens is 1. The van der Waals surface area contributed by atoms with Crippen molar-refractivity contribution in [1.82, 2.24) is 15.2 Å². The number of fused-ring (bicyclic) bond motifs is 1. The van der Waals surface area contributed by atoms with Crippen LogP contribution in [-0.2, 0) is 19.1 Å². The summed E-state index contributed by atoms with van der Waals surface area (Å²) in [6.07, 6.45) is -1.97. The lowest BCUT2D eigenvalue weighted by Gasteiger charge is -2.28. The van der Waals surface area contributed by atoms with E-state index in [2.05, 4.69) is 10.2 Å². The third kappa shape index (κ3) is 5.39. The van der Waals surface area contributed by atoms with Crippen LogP contribution in [0, 0.1) is 5.92 Å². The number of ether oxygens (including phenoxy) is 2. The van der Waals surface area contributed by atoms with Crippen molar-refractivity contribution in [3.05, 3.63) is 35.2 Å². The van der Waals surface area contributed by atoms with Crippen molar-refractivity contribution in [2.45, 2.75) is 44.6 Å². The van der Waals surface area contributed by atoms with Crippen molar-refractivity contribution in [2.75, 3.05) is 44.4 Å². The zero-order valence-electron chi connectivity index (χ0n) is 20.9. The molecule has 198 valence electrons. The largest absolute Gasteiger partial charge is 0.378 e. The van der Waals surface area contributed by atoms with E-state index in [-0.39, 0.29) is 24.9 Å². The molecule has 1 N–H and O–H groups in total. The highest BCUT2D eigenvalue weighted by atomic mass is 32.1. The quantitative estimate of drug-likeness (QED) is 0.586. The number of morpholine rings is 1. The van der Waals surface area contributed by atoms with Crippen molar-refractivity contribution in [1.29, 1.82) is 0 Å². The number of nitrogens with one attached hydrogen (secondary N) is 1. The first kappa shape index (κ1) is 25.7. The van der Waals surface area contributed by atoms with Gasteiger partial charge in [0.05, 0.1) is 25.5 Å². The minimum absolute atomic E-state index is 0.0945. The Morgan fingerprint density at radius 2 is 1.95 bits per heavy atom. The molecule has 5 rings (SSSR count). The first-order valence-electron chi connectivity index (χ1n) is 12.6. The Balaban J connectivity index is 1.27. The predicted octanol–water partition coefficient (Wildman–Crippen LogP) is 2.31. The van der Waals surface area contributed by atoms with E-state index in [1.165, 1.54) is 4.90 Å². The van der Waals surface area contributed by atoms with Crippen LogP contribution in [0.25, 0.3) is 11.3 Å². The van der Waals surface area contributed by atoms with Crippen LogP contribution in [0.2, 0.25) is 0 Å². The van der Waals surface area contributed by atoms with E-state index in [1.54, 1.807) is 23.5 Å². The van der Waals surface area contributed by atoms with Crippen LogP contribution >= 0.6 is 11.3 Å². The number of amides is 2. The predicted molar refractivity (Wildman–Crippen MR) is 136 cm³/mol. The molecule has 0 spiro atoms. The zero-order valence-corrected chi connectivity index (χ0v) is 21.7. The lowest BCUT2D eigenvalue weighted by molar-refractivity contribution is -0.138. The van der Waals surface area contributed by atoms with Gasteiger partial charge in [0.2, 0.25) is 5.91 Å². The molecule has 0 unspecified atom stereocenters. The van der Waals surface area contributed by atoms with Crippen LogP contribution in [0.1, 0.15) is 30.6 Å². The third-order valence-corrected chi connectivity index (χ3v) is 7.83. The monoisotopic (exact) mass is 530 g/mol. The first-order valence-corrected chi connectivity index (χ1v) is 13.5. The van der Waals surface area contributed by atoms with Crippen LogP contribution in [0.3, 0.4) is 0 Å². The van der Waals surface area contributed by atoms with Crippen molar-refractivity contribution >= 4 is 34.1 Å². The van der Waals surface area contributed by atoms with Crippen molar-refractivity contribution in [3.8, 4) is 11.3 Å². The molecule has 4 heterocycles. The highest BCUT2D eigenvalue weighted by Crippen LogP contribution is 2.31. The molecule has 0 saturated carbocycles. The number of alkyl halides is 1. The van der Waals surface area contributed by atoms with E-state index < -0.39 is 36.2 Å². The second kappa shape index (κ2) is 10.8. The summed E-state index contributed by atoms with van der Waals surface area (Å²) in [6, 6.07) is 5.27. The molecule has 1 aromatic carbocycles. The molecule has 11 heteroatoms. The number of nitrogens with zero attached hydrogens (tertiary/aromatic N) is 3. The summed E-state index contributed by atoms with van der Waals surface area (Å²) >= 11 is 1.58. The SMILES string of the molecule is CC(C)C[C@H](NC(=O)c1ccc(-c2csc(N3CCOCC3)n2)cc1)C(=O)N1C[C@H](F)[C@H]2OCC(=O)[C@H]21. The normalized spacial score (nSPS) is 24.4. The number of hydrogen-bond acceptors (Lipinski definition) is 8. The van der Waals surface area contributed by atoms with Crippen molar-refractivity contribution in [2.24, 2.45) is 5.92 Å². The summed E-state index contributed by atoms with van der Waals surface area (Å²) in [5, 5.41) is 5.76. The number of thiazole rings is 1. The molecule has 3 fully saturated rings. The van der Waals surface area contributed by atoms with Crippen LogP contribution in [0.4, 0.5) is 9.52 Å². The Morgan fingerprint density at radius 1 is 1.22 bits per heavy atom. The van der Waals surface area contributed by atoms with Gasteiger partial charge in [0, 0.05) is 29.6 Å². The van der Waals surface area contributed by atoms with Gasteiger partial charge in [-0.3, -0.25) is 14.4 Å². The highest BCUT2D eigenvalue weighted by Gasteiger charge is 2.53. The van der Waals surface area contributed by atoms with Crippen LogP contribution in [0.5, 0.6) is 0 Å². The minimum atomic E-state index is -1.42. The Kier molecular flexibility index (Phi) is 7.55. The molecular formula is C26H31FN4O5S. The second-order valence-corrected chi connectivity index (χ2v) is 10.9. The molecule has 37 heavy (non-hydrogen) atoms. The molecule has 4 atom stereocenters. The van der Waals surface area contributed by atoms with Gasteiger partial charge in [-0.2, -0.15) is 0 Å². The van der Waals surface area contributed by atoms with Gasteiger partial charge in [0.15, 0.2) is 10.9 Å². The number of hydrogen-bond donors (Lipinski definition) is 1. The standard InChI is InChI=1S/C26H31FN4O5S/c1-15(2)11-19(25(34)31-12-18(27)23-22(31)21(32)13-36-23)28-24(33)17-5-3-16(4-6-17)20-14-37-26(29-20)30-7-9-35-10-8-30/h3-6,14-15,18-19,22-23H,7-13H2,1-2H3,(H,28,33)/t18-,19-,22+,23+/m0/s1. The topological polar surface area (TPSA) is 101 Å². The first-order chi connectivity index (χ1) is 17.8. The molecule has 0 radical (unpaired) electrons. The van der Waals surface area contributed by atoms with E-state index in [1.807, 2.05) is 31.4 Å². The molecule has 3 aliphatic rings. The van der Waals surface area contributed by atoms with Gasteiger partial charge < -0.3 is 24.6 Å². The number of carbonyl (C=O) groups excluding carboxylic acids is 3. The van der Waals surface area contributed by atoms with Gasteiger partial charge in [0.1, 0.15) is 31.0 Å². The number of anilines is 1. The van der Waals surface area contributed by atoms with Crippen LogP contribution < -0.4 is 10.2 Å². The number of Topliss-reactive ketones (excluding diaryl/α,β-unsaturated/α-hetero) is 1. The smallest absolute Gasteiger partial charge is 0.251 e. The van der Waals surface area contributed by atoms with Gasteiger partial charge in [-0.05, 0) is 24.5 Å². The van der Waals surface area contributed by atoms with E-state index in [4.69, 9.17) is 14.5 Å². The molecule has 0 aliphatic carbocycles. The van der Waals surface area contributed by atoms with Gasteiger partial charge in [-0.25, -0.2) is 9.37 Å². The van der Waals surface area contributed by atoms with Gasteiger partial charge in [-0.15, -0.1) is 11.3 Å². The molecule has 0 bridgehead atoms. The molecule has 9 nitrogen and oxygen atoms in total. The van der Waals surface area contributed by atoms with Gasteiger partial charge in [0.25, 0.3) is 5.91 Å². The van der Waals surface area contributed by atoms with Crippen molar-refractivity contribution < 1.29 is 28.2 Å². The number of benzene rings is 1. The van der Waals surface area contributed by atoms with E-state index in [9.17, 15) is 18.8 Å². The molecule has 2 aromatic rings. The maximum absolute atomic E-state index is 14.4. The van der Waals surface area contributed by atoms with E-state index in [0.29, 0.717) is 25.2 Å². The number of carbonyl (C=O) groups is 3. The summed E-state index contributed by atoms with van der Waals surface area (Å²) in [5.74, 6) is -1.07. The summed E-state index contributed by atoms with van der Waals surface area (Å²) in [6.45, 7) is 6.48. The number of aromatic nitrogens is 1. The molecule has 3 saturated heterocycles. The Hall–Kier alpha value is -2.89. The fraction of sp³-hybridized carbons (Fsp3) is 0.538. The molecule has 1 aromatic heterocycles. The Labute approximate surface area is 218 Å². The zero-order chi connectivity index (χ0) is 26.1. The molecule has 2 amide bonds. The summed E-state index contributed by atoms with van der Waals surface area (Å²) in [4.78, 5) is 46.9. The number of likely N-dealkylation sites (tertiary alicyclic amines) is 1. The molecule has 3 aliphatic heterocycles. The number of rotatable bonds is 7. The highest BCUT2D eigenvalue weighted by molar-refractivity contribution is 7.14. The van der Waals surface area contributed by atoms with Crippen LogP contribution in [-0.4, -0.2) is 91.3 Å². The fourth-order valence-electron chi connectivity index (χ4n) is 5.05. The summed E-state index contributed by atoms with van der Waals surface area (Å²) < 4.78 is 25.1. The minimum Gasteiger partial charge on any atom is -0.378 e. The molecular weight excluding hydrogens is 499 g/mol. The van der Waals surface area contributed by atoms with Crippen LogP contribution in [0.15, 0.2) is 29.6 Å². The lowest BCUT2D eigenvalue weighted by Crippen LogP contribution is -2.52. The average Bonchev–Trinajstić information content (AvgIpc) is 3.62.